The van der Waals surface area contributed by atoms with Crippen molar-refractivity contribution in [1.29, 1.82) is 0 Å². The molecule has 0 atom stereocenters. The summed E-state index contributed by atoms with van der Waals surface area (Å²) in [5.74, 6) is 0. The first-order valence-electron chi connectivity index (χ1n) is 6.74. The molecule has 0 N–H and O–H groups in total. The average molecular weight is 436 g/mol. The Kier molecular flexibility index (Phi) is 5.45. The Labute approximate surface area is 144 Å². The van der Waals surface area contributed by atoms with Crippen LogP contribution >= 0.6 is 34.2 Å². The molecule has 2 heterocycles. The summed E-state index contributed by atoms with van der Waals surface area (Å²) in [7, 11) is -1.07. The number of rotatable bonds is 6. The van der Waals surface area contributed by atoms with Crippen LogP contribution in [-0.2, 0) is 11.5 Å². The van der Waals surface area contributed by atoms with Gasteiger partial charge in [-0.3, -0.25) is 0 Å². The lowest BCUT2D eigenvalue weighted by Gasteiger charge is -2.15. The summed E-state index contributed by atoms with van der Waals surface area (Å²) < 4.78 is 8.44. The maximum Gasteiger partial charge on any atom is 0.149 e. The Bertz CT molecular complexity index is 666. The lowest BCUT2D eigenvalue weighted by atomic mass is 10.2. The van der Waals surface area contributed by atoms with Crippen LogP contribution in [0.15, 0.2) is 12.6 Å². The molecule has 2 aromatic rings. The van der Waals surface area contributed by atoms with Gasteiger partial charge in [0.2, 0.25) is 0 Å². The van der Waals surface area contributed by atoms with Gasteiger partial charge in [-0.15, -0.1) is 0 Å². The minimum atomic E-state index is -1.07. The van der Waals surface area contributed by atoms with E-state index in [1.807, 2.05) is 4.68 Å². The van der Waals surface area contributed by atoms with E-state index in [4.69, 9.17) is 16.3 Å². The first-order chi connectivity index (χ1) is 9.81. The van der Waals surface area contributed by atoms with Gasteiger partial charge in [0.15, 0.2) is 0 Å². The minimum Gasteiger partial charge on any atom is -0.360 e. The maximum absolute atomic E-state index is 6.03. The fourth-order valence-corrected chi connectivity index (χ4v) is 3.52. The Hall–Kier alpha value is -0.443. The number of nitrogens with zero attached hydrogens (tertiary/aromatic N) is 3. The molecule has 0 aromatic carbocycles. The number of fused-ring (bicyclic) bond motifs is 1. The number of aromatic nitrogens is 3. The highest BCUT2D eigenvalue weighted by atomic mass is 127. The van der Waals surface area contributed by atoms with Crippen LogP contribution in [0.25, 0.3) is 17.1 Å². The van der Waals surface area contributed by atoms with E-state index < -0.39 is 8.07 Å². The second-order valence-electron chi connectivity index (χ2n) is 6.07. The van der Waals surface area contributed by atoms with Gasteiger partial charge in [0.05, 0.1) is 5.52 Å². The molecule has 2 rings (SSSR count). The van der Waals surface area contributed by atoms with Crippen molar-refractivity contribution in [2.75, 3.05) is 6.61 Å². The van der Waals surface area contributed by atoms with Crippen LogP contribution in [0.1, 0.15) is 5.56 Å². The average Bonchev–Trinajstić information content (AvgIpc) is 2.70. The Balaban J connectivity index is 2.22. The van der Waals surface area contributed by atoms with Crippen molar-refractivity contribution in [2.45, 2.75) is 32.4 Å². The van der Waals surface area contributed by atoms with Crippen molar-refractivity contribution in [1.82, 2.24) is 14.8 Å². The van der Waals surface area contributed by atoms with E-state index in [1.165, 1.54) is 0 Å². The lowest BCUT2D eigenvalue weighted by Crippen LogP contribution is -2.22. The van der Waals surface area contributed by atoms with Crippen molar-refractivity contribution < 1.29 is 4.74 Å². The molecule has 2 aromatic heterocycles. The Morgan fingerprint density at radius 2 is 2.19 bits per heavy atom. The third kappa shape index (κ3) is 4.27. The van der Waals surface area contributed by atoms with Crippen LogP contribution in [0.2, 0.25) is 30.8 Å². The third-order valence-corrected chi connectivity index (χ3v) is 5.71. The fourth-order valence-electron chi connectivity index (χ4n) is 1.92. The van der Waals surface area contributed by atoms with Crippen molar-refractivity contribution in [3.8, 4) is 0 Å². The number of hydrogen-bond donors (Lipinski definition) is 0. The van der Waals surface area contributed by atoms with Gasteiger partial charge in [0.1, 0.15) is 21.1 Å². The molecule has 0 saturated carbocycles. The smallest absolute Gasteiger partial charge is 0.149 e. The zero-order valence-electron chi connectivity index (χ0n) is 12.5. The highest BCUT2D eigenvalue weighted by Crippen LogP contribution is 2.25. The largest absolute Gasteiger partial charge is 0.360 e. The SMILES string of the molecule is C=Cc1cc(Cl)nc2c(I)nn(COCC[Si](C)(C)C)c12. The number of ether oxygens (including phenoxy) is 1. The molecule has 0 bridgehead atoms. The van der Waals surface area contributed by atoms with Gasteiger partial charge in [-0.2, -0.15) is 5.10 Å². The van der Waals surface area contributed by atoms with Gasteiger partial charge >= 0.3 is 0 Å². The third-order valence-electron chi connectivity index (χ3n) is 3.08. The molecule has 0 aliphatic carbocycles. The van der Waals surface area contributed by atoms with Crippen LogP contribution < -0.4 is 0 Å². The van der Waals surface area contributed by atoms with Crippen molar-refractivity contribution in [3.63, 3.8) is 0 Å². The molecule has 7 heteroatoms. The molecule has 0 spiro atoms. The predicted octanol–water partition coefficient (Wildman–Crippen LogP) is 4.64. The van der Waals surface area contributed by atoms with E-state index in [0.717, 1.165) is 32.9 Å². The Morgan fingerprint density at radius 3 is 2.81 bits per heavy atom. The summed E-state index contributed by atoms with van der Waals surface area (Å²) in [6, 6.07) is 2.94. The second kappa shape index (κ2) is 6.76. The van der Waals surface area contributed by atoms with E-state index in [9.17, 15) is 0 Å². The van der Waals surface area contributed by atoms with E-state index >= 15 is 0 Å². The first kappa shape index (κ1) is 16.9. The number of hydrogen-bond acceptors (Lipinski definition) is 3. The molecule has 114 valence electrons. The fraction of sp³-hybridized carbons (Fsp3) is 0.429. The molecule has 0 amide bonds. The first-order valence-corrected chi connectivity index (χ1v) is 11.9. The summed E-state index contributed by atoms with van der Waals surface area (Å²) >= 11 is 8.20. The second-order valence-corrected chi connectivity index (χ2v) is 13.1. The van der Waals surface area contributed by atoms with E-state index in [2.05, 4.69) is 58.9 Å². The minimum absolute atomic E-state index is 0.425. The van der Waals surface area contributed by atoms with Crippen LogP contribution in [0.4, 0.5) is 0 Å². The molecule has 0 saturated heterocycles. The molecule has 0 aliphatic rings. The van der Waals surface area contributed by atoms with Crippen LogP contribution in [0.3, 0.4) is 0 Å². The molecule has 21 heavy (non-hydrogen) atoms. The van der Waals surface area contributed by atoms with E-state index in [-0.39, 0.29) is 0 Å². The van der Waals surface area contributed by atoms with E-state index in [1.54, 1.807) is 12.1 Å². The maximum atomic E-state index is 6.03. The highest BCUT2D eigenvalue weighted by molar-refractivity contribution is 14.1. The van der Waals surface area contributed by atoms with Gasteiger partial charge in [-0.1, -0.05) is 43.9 Å². The normalized spacial score (nSPS) is 12.0. The summed E-state index contributed by atoms with van der Waals surface area (Å²) in [6.45, 7) is 12.0. The standard InChI is InChI=1S/C14H19ClIN3OSi/c1-5-10-8-11(15)17-12-13(10)19(18-14(12)16)9-20-6-7-21(2,3)4/h5,8H,1,6-7,9H2,2-4H3. The Morgan fingerprint density at radius 1 is 1.48 bits per heavy atom. The number of halogens is 2. The molecular formula is C14H19ClIN3OSi. The summed E-state index contributed by atoms with van der Waals surface area (Å²) in [5, 5.41) is 4.95. The number of pyridine rings is 1. The van der Waals surface area contributed by atoms with Crippen LogP contribution in [0, 0.1) is 3.70 Å². The zero-order chi connectivity index (χ0) is 15.6. The zero-order valence-corrected chi connectivity index (χ0v) is 16.4. The molecule has 4 nitrogen and oxygen atoms in total. The monoisotopic (exact) mass is 435 g/mol. The van der Waals surface area contributed by atoms with Crippen molar-refractivity contribution in [2.24, 2.45) is 0 Å². The van der Waals surface area contributed by atoms with Crippen LogP contribution in [-0.4, -0.2) is 29.4 Å². The quantitative estimate of drug-likeness (QED) is 0.287. The summed E-state index contributed by atoms with van der Waals surface area (Å²) in [5.41, 5.74) is 2.65. The summed E-state index contributed by atoms with van der Waals surface area (Å²) in [6.07, 6.45) is 1.77. The van der Waals surface area contributed by atoms with Crippen molar-refractivity contribution >= 4 is 59.4 Å². The molecular weight excluding hydrogens is 417 g/mol. The molecule has 0 fully saturated rings. The topological polar surface area (TPSA) is 39.9 Å². The van der Waals surface area contributed by atoms with Gasteiger partial charge < -0.3 is 4.74 Å². The lowest BCUT2D eigenvalue weighted by molar-refractivity contribution is 0.0814. The van der Waals surface area contributed by atoms with Gasteiger partial charge in [0.25, 0.3) is 0 Å². The summed E-state index contributed by atoms with van der Waals surface area (Å²) in [4.78, 5) is 4.35. The molecule has 0 unspecified atom stereocenters. The van der Waals surface area contributed by atoms with Gasteiger partial charge in [0, 0.05) is 20.2 Å². The predicted molar refractivity (Wildman–Crippen MR) is 99.5 cm³/mol. The highest BCUT2D eigenvalue weighted by Gasteiger charge is 2.15. The van der Waals surface area contributed by atoms with Crippen LogP contribution in [0.5, 0.6) is 0 Å². The van der Waals surface area contributed by atoms with Crippen molar-refractivity contribution in [3.05, 3.63) is 27.1 Å². The molecule has 0 radical (unpaired) electrons. The van der Waals surface area contributed by atoms with Gasteiger partial charge in [-0.05, 0) is 34.7 Å². The molecule has 0 aliphatic heterocycles. The van der Waals surface area contributed by atoms with E-state index in [0.29, 0.717) is 11.9 Å². The van der Waals surface area contributed by atoms with Gasteiger partial charge in [-0.25, -0.2) is 9.67 Å².